The highest BCUT2D eigenvalue weighted by atomic mass is 31.1. The van der Waals surface area contributed by atoms with E-state index in [2.05, 4.69) is 0 Å². The van der Waals surface area contributed by atoms with Gasteiger partial charge in [0.25, 0.3) is 0 Å². The van der Waals surface area contributed by atoms with Gasteiger partial charge in [0.1, 0.15) is 0 Å². The Morgan fingerprint density at radius 2 is 1.62 bits per heavy atom. The summed E-state index contributed by atoms with van der Waals surface area (Å²) in [6.45, 7) is 3.69. The maximum absolute atomic E-state index is 10.4. The Kier molecular flexibility index (Phi) is 1.71. The van der Waals surface area contributed by atoms with Crippen LogP contribution in [0.25, 0.3) is 0 Å². The molecule has 0 aromatic heterocycles. The normalized spacial score (nSPS) is 47.5. The average molecular weight is 136 g/mol. The molecule has 0 N–H and O–H groups in total. The molecule has 0 aromatic rings. The van der Waals surface area contributed by atoms with Crippen molar-refractivity contribution in [2.24, 2.45) is 0 Å². The molecule has 1 aliphatic heterocycles. The SMILES string of the molecule is CC1O[PH](=O)OC1C. The summed E-state index contributed by atoms with van der Waals surface area (Å²) in [6, 6.07) is 0. The van der Waals surface area contributed by atoms with Gasteiger partial charge in [0.15, 0.2) is 0 Å². The molecule has 1 heterocycles. The van der Waals surface area contributed by atoms with Gasteiger partial charge in [0.2, 0.25) is 0 Å². The lowest BCUT2D eigenvalue weighted by Gasteiger charge is -2.00. The van der Waals surface area contributed by atoms with Gasteiger partial charge < -0.3 is 9.05 Å². The van der Waals surface area contributed by atoms with Crippen LogP contribution >= 0.6 is 8.25 Å². The van der Waals surface area contributed by atoms with E-state index in [1.54, 1.807) is 0 Å². The lowest BCUT2D eigenvalue weighted by atomic mass is 10.3. The van der Waals surface area contributed by atoms with Gasteiger partial charge in [0, 0.05) is 0 Å². The van der Waals surface area contributed by atoms with Crippen LogP contribution < -0.4 is 0 Å². The minimum Gasteiger partial charge on any atom is -0.305 e. The summed E-state index contributed by atoms with van der Waals surface area (Å²) in [5, 5.41) is 0. The van der Waals surface area contributed by atoms with Crippen LogP contribution in [-0.2, 0) is 13.6 Å². The lowest BCUT2D eigenvalue weighted by molar-refractivity contribution is 0.187. The van der Waals surface area contributed by atoms with E-state index in [1.165, 1.54) is 0 Å². The zero-order valence-electron chi connectivity index (χ0n) is 4.88. The van der Waals surface area contributed by atoms with Crippen molar-refractivity contribution in [1.82, 2.24) is 0 Å². The maximum atomic E-state index is 10.4. The summed E-state index contributed by atoms with van der Waals surface area (Å²) in [5.74, 6) is 0. The van der Waals surface area contributed by atoms with Crippen LogP contribution in [-0.4, -0.2) is 12.2 Å². The quantitative estimate of drug-likeness (QED) is 0.469. The predicted molar refractivity (Wildman–Crippen MR) is 30.1 cm³/mol. The predicted octanol–water partition coefficient (Wildman–Crippen LogP) is 1.20. The number of hydrogen-bond acceptors (Lipinski definition) is 3. The minimum atomic E-state index is -2.10. The van der Waals surface area contributed by atoms with Crippen LogP contribution in [0.4, 0.5) is 0 Å². The molecule has 48 valence electrons. The topological polar surface area (TPSA) is 35.5 Å². The van der Waals surface area contributed by atoms with E-state index in [4.69, 9.17) is 9.05 Å². The Labute approximate surface area is 48.9 Å². The van der Waals surface area contributed by atoms with Crippen molar-refractivity contribution < 1.29 is 13.6 Å². The first-order valence-electron chi connectivity index (χ1n) is 2.57. The molecule has 0 spiro atoms. The second-order valence-electron chi connectivity index (χ2n) is 1.90. The Balaban J connectivity index is 2.51. The molecule has 0 saturated carbocycles. The second-order valence-corrected chi connectivity index (χ2v) is 2.87. The van der Waals surface area contributed by atoms with E-state index in [1.807, 2.05) is 13.8 Å². The van der Waals surface area contributed by atoms with E-state index < -0.39 is 8.25 Å². The fraction of sp³-hybridized carbons (Fsp3) is 1.00. The molecule has 2 atom stereocenters. The third-order valence-electron chi connectivity index (χ3n) is 1.23. The zero-order valence-corrected chi connectivity index (χ0v) is 5.88. The highest BCUT2D eigenvalue weighted by molar-refractivity contribution is 7.33. The molecule has 0 bridgehead atoms. The van der Waals surface area contributed by atoms with E-state index in [0.717, 1.165) is 0 Å². The van der Waals surface area contributed by atoms with E-state index in [0.29, 0.717) is 0 Å². The molecule has 3 nitrogen and oxygen atoms in total. The van der Waals surface area contributed by atoms with Crippen LogP contribution in [0.5, 0.6) is 0 Å². The first-order valence-corrected chi connectivity index (χ1v) is 3.80. The summed E-state index contributed by atoms with van der Waals surface area (Å²) in [4.78, 5) is 0. The minimum absolute atomic E-state index is 0.00129. The first kappa shape index (κ1) is 6.27. The Morgan fingerprint density at radius 1 is 1.25 bits per heavy atom. The van der Waals surface area contributed by atoms with Gasteiger partial charge >= 0.3 is 8.25 Å². The molecule has 8 heavy (non-hydrogen) atoms. The summed E-state index contributed by atoms with van der Waals surface area (Å²) in [7, 11) is -2.10. The van der Waals surface area contributed by atoms with Crippen LogP contribution in [0.3, 0.4) is 0 Å². The highest BCUT2D eigenvalue weighted by Gasteiger charge is 2.25. The molecule has 1 rings (SSSR count). The third-order valence-corrected chi connectivity index (χ3v) is 2.35. The van der Waals surface area contributed by atoms with Crippen molar-refractivity contribution in [3.63, 3.8) is 0 Å². The van der Waals surface area contributed by atoms with Gasteiger partial charge in [-0.3, -0.25) is 4.57 Å². The molecular weight excluding hydrogens is 127 g/mol. The van der Waals surface area contributed by atoms with Crippen LogP contribution in [0, 0.1) is 0 Å². The number of hydrogen-bond donors (Lipinski definition) is 0. The van der Waals surface area contributed by atoms with Crippen molar-refractivity contribution in [3.8, 4) is 0 Å². The van der Waals surface area contributed by atoms with Crippen molar-refractivity contribution in [1.29, 1.82) is 0 Å². The Morgan fingerprint density at radius 3 is 1.75 bits per heavy atom. The van der Waals surface area contributed by atoms with Gasteiger partial charge in [-0.15, -0.1) is 0 Å². The number of rotatable bonds is 0. The van der Waals surface area contributed by atoms with Gasteiger partial charge in [-0.05, 0) is 13.8 Å². The van der Waals surface area contributed by atoms with Crippen molar-refractivity contribution in [2.45, 2.75) is 26.1 Å². The molecule has 1 saturated heterocycles. The second kappa shape index (κ2) is 2.18. The summed E-state index contributed by atoms with van der Waals surface area (Å²) in [6.07, 6.45) is 0.00257. The first-order chi connectivity index (χ1) is 3.70. The summed E-state index contributed by atoms with van der Waals surface area (Å²) in [5.41, 5.74) is 0. The third kappa shape index (κ3) is 1.10. The molecule has 1 fully saturated rings. The van der Waals surface area contributed by atoms with Gasteiger partial charge in [-0.25, -0.2) is 0 Å². The Bertz CT molecular complexity index is 102. The standard InChI is InChI=1S/C4H9O3P/c1-3-4(2)7-8(5)6-3/h3-4,8H,1-2H3. The van der Waals surface area contributed by atoms with Gasteiger partial charge in [-0.1, -0.05) is 0 Å². The van der Waals surface area contributed by atoms with Crippen molar-refractivity contribution >= 4 is 8.25 Å². The fourth-order valence-corrected chi connectivity index (χ4v) is 1.57. The largest absolute Gasteiger partial charge is 0.319 e. The van der Waals surface area contributed by atoms with Gasteiger partial charge in [0.05, 0.1) is 12.2 Å². The smallest absolute Gasteiger partial charge is 0.305 e. The Hall–Kier alpha value is 0.150. The fourth-order valence-electron chi connectivity index (χ4n) is 0.523. The highest BCUT2D eigenvalue weighted by Crippen LogP contribution is 2.37. The molecular formula is C4H9O3P. The molecule has 0 amide bonds. The summed E-state index contributed by atoms with van der Waals surface area (Å²) < 4.78 is 20.0. The molecule has 0 aromatic carbocycles. The van der Waals surface area contributed by atoms with Gasteiger partial charge in [-0.2, -0.15) is 0 Å². The van der Waals surface area contributed by atoms with E-state index in [9.17, 15) is 4.57 Å². The molecule has 4 heteroatoms. The van der Waals surface area contributed by atoms with Crippen LogP contribution in [0.2, 0.25) is 0 Å². The zero-order chi connectivity index (χ0) is 6.15. The average Bonchev–Trinajstić information content (AvgIpc) is 1.85. The van der Waals surface area contributed by atoms with Crippen LogP contribution in [0.15, 0.2) is 0 Å². The monoisotopic (exact) mass is 136 g/mol. The lowest BCUT2D eigenvalue weighted by Crippen LogP contribution is -2.13. The van der Waals surface area contributed by atoms with Crippen molar-refractivity contribution in [3.05, 3.63) is 0 Å². The molecule has 0 radical (unpaired) electrons. The maximum Gasteiger partial charge on any atom is 0.319 e. The summed E-state index contributed by atoms with van der Waals surface area (Å²) >= 11 is 0. The molecule has 0 aliphatic carbocycles. The molecule has 1 aliphatic rings. The van der Waals surface area contributed by atoms with E-state index in [-0.39, 0.29) is 12.2 Å². The van der Waals surface area contributed by atoms with Crippen LogP contribution in [0.1, 0.15) is 13.8 Å². The van der Waals surface area contributed by atoms with Crippen molar-refractivity contribution in [2.75, 3.05) is 0 Å². The van der Waals surface area contributed by atoms with E-state index >= 15 is 0 Å². The molecule has 2 unspecified atom stereocenters.